The van der Waals surface area contributed by atoms with Gasteiger partial charge < -0.3 is 20.3 Å². The molecule has 7 nitrogen and oxygen atoms in total. The molecule has 0 radical (unpaired) electrons. The molecule has 21 heavy (non-hydrogen) atoms. The van der Waals surface area contributed by atoms with Gasteiger partial charge in [0.25, 0.3) is 0 Å². The van der Waals surface area contributed by atoms with Gasteiger partial charge in [-0.05, 0) is 31.5 Å². The highest BCUT2D eigenvalue weighted by Crippen LogP contribution is 2.31. The Morgan fingerprint density at radius 1 is 1.24 bits per heavy atom. The Labute approximate surface area is 123 Å². The number of benzene rings is 1. The maximum absolute atomic E-state index is 9.00. The minimum Gasteiger partial charge on any atom is -0.490 e. The van der Waals surface area contributed by atoms with Gasteiger partial charge in [-0.1, -0.05) is 6.07 Å². The van der Waals surface area contributed by atoms with Crippen molar-refractivity contribution in [3.8, 4) is 11.5 Å². The summed E-state index contributed by atoms with van der Waals surface area (Å²) in [5, 5.41) is 15.6. The summed E-state index contributed by atoms with van der Waals surface area (Å²) in [6.07, 6.45) is 0. The second-order valence-corrected chi connectivity index (χ2v) is 4.35. The molecule has 0 unspecified atom stereocenters. The number of aliphatic hydroxyl groups is 1. The van der Waals surface area contributed by atoms with Crippen LogP contribution in [0.2, 0.25) is 0 Å². The molecule has 2 aromatic rings. The van der Waals surface area contributed by atoms with E-state index in [1.807, 2.05) is 32.0 Å². The van der Waals surface area contributed by atoms with Gasteiger partial charge in [0.05, 0.1) is 19.3 Å². The van der Waals surface area contributed by atoms with Gasteiger partial charge in [0.1, 0.15) is 12.4 Å². The lowest BCUT2D eigenvalue weighted by Gasteiger charge is -2.14. The van der Waals surface area contributed by atoms with Crippen LogP contribution in [0.5, 0.6) is 11.5 Å². The highest BCUT2D eigenvalue weighted by molar-refractivity contribution is 5.44. The van der Waals surface area contributed by atoms with Crippen molar-refractivity contribution < 1.29 is 14.6 Å². The van der Waals surface area contributed by atoms with E-state index < -0.39 is 6.04 Å². The van der Waals surface area contributed by atoms with Gasteiger partial charge in [-0.3, -0.25) is 5.10 Å². The quantitative estimate of drug-likeness (QED) is 0.706. The van der Waals surface area contributed by atoms with Crippen molar-refractivity contribution in [2.24, 2.45) is 5.73 Å². The summed E-state index contributed by atoms with van der Waals surface area (Å²) in [5.74, 6) is 2.13. The van der Waals surface area contributed by atoms with Gasteiger partial charge in [-0.15, -0.1) is 0 Å². The third-order valence-corrected chi connectivity index (χ3v) is 2.90. The molecule has 0 aliphatic heterocycles. The largest absolute Gasteiger partial charge is 0.490 e. The molecule has 1 aromatic heterocycles. The van der Waals surface area contributed by atoms with E-state index in [9.17, 15) is 0 Å². The molecule has 2 rings (SSSR count). The molecule has 1 atom stereocenters. The van der Waals surface area contributed by atoms with Crippen LogP contribution in [-0.2, 0) is 6.61 Å². The van der Waals surface area contributed by atoms with Crippen molar-refractivity contribution in [3.63, 3.8) is 0 Å². The van der Waals surface area contributed by atoms with Crippen LogP contribution in [0, 0.1) is 0 Å². The number of hydrogen-bond acceptors (Lipinski definition) is 6. The standard InChI is InChI=1S/C14H20N4O3/c1-3-20-10-6-5-9(7-11(10)21-4-2)13(15)14-16-12(8-19)17-18-14/h5-7,13,19H,3-4,8,15H2,1-2H3,(H,16,17,18)/t13-/m1/s1. The summed E-state index contributed by atoms with van der Waals surface area (Å²) in [6, 6.07) is 5.00. The number of ether oxygens (including phenoxy) is 2. The van der Waals surface area contributed by atoms with E-state index in [-0.39, 0.29) is 6.61 Å². The first-order chi connectivity index (χ1) is 10.2. The fourth-order valence-electron chi connectivity index (χ4n) is 1.93. The number of aromatic nitrogens is 3. The fraction of sp³-hybridized carbons (Fsp3) is 0.429. The predicted octanol–water partition coefficient (Wildman–Crippen LogP) is 1.14. The molecule has 0 spiro atoms. The molecule has 114 valence electrons. The zero-order valence-corrected chi connectivity index (χ0v) is 12.2. The zero-order chi connectivity index (χ0) is 15.2. The minimum absolute atomic E-state index is 0.201. The zero-order valence-electron chi connectivity index (χ0n) is 12.2. The molecule has 0 bridgehead atoms. The Hall–Kier alpha value is -2.12. The van der Waals surface area contributed by atoms with E-state index in [1.165, 1.54) is 0 Å². The lowest BCUT2D eigenvalue weighted by atomic mass is 10.1. The Balaban J connectivity index is 2.27. The van der Waals surface area contributed by atoms with Gasteiger partial charge in [0.15, 0.2) is 17.3 Å². The molecular formula is C14H20N4O3. The van der Waals surface area contributed by atoms with E-state index in [0.717, 1.165) is 5.56 Å². The molecular weight excluding hydrogens is 272 g/mol. The SMILES string of the molecule is CCOc1ccc([C@@H](N)c2n[nH]c(CO)n2)cc1OCC. The summed E-state index contributed by atoms with van der Waals surface area (Å²) >= 11 is 0. The second-order valence-electron chi connectivity index (χ2n) is 4.35. The van der Waals surface area contributed by atoms with Crippen molar-refractivity contribution in [2.75, 3.05) is 13.2 Å². The van der Waals surface area contributed by atoms with Gasteiger partial charge >= 0.3 is 0 Å². The smallest absolute Gasteiger partial charge is 0.171 e. The van der Waals surface area contributed by atoms with Crippen LogP contribution in [0.4, 0.5) is 0 Å². The van der Waals surface area contributed by atoms with Crippen LogP contribution in [0.1, 0.15) is 37.1 Å². The molecule has 0 fully saturated rings. The second kappa shape index (κ2) is 7.05. The van der Waals surface area contributed by atoms with Gasteiger partial charge in [-0.2, -0.15) is 5.10 Å². The summed E-state index contributed by atoms with van der Waals surface area (Å²) in [5.41, 5.74) is 6.96. The number of hydrogen-bond donors (Lipinski definition) is 3. The van der Waals surface area contributed by atoms with Crippen molar-refractivity contribution in [1.29, 1.82) is 0 Å². The Morgan fingerprint density at radius 2 is 1.95 bits per heavy atom. The molecule has 4 N–H and O–H groups in total. The first-order valence-corrected chi connectivity index (χ1v) is 6.86. The van der Waals surface area contributed by atoms with Crippen molar-refractivity contribution in [3.05, 3.63) is 35.4 Å². The van der Waals surface area contributed by atoms with E-state index in [2.05, 4.69) is 15.2 Å². The van der Waals surface area contributed by atoms with Gasteiger partial charge in [0.2, 0.25) is 0 Å². The predicted molar refractivity (Wildman–Crippen MR) is 77.1 cm³/mol. The fourth-order valence-corrected chi connectivity index (χ4v) is 1.93. The van der Waals surface area contributed by atoms with Gasteiger partial charge in [-0.25, -0.2) is 4.98 Å². The van der Waals surface area contributed by atoms with E-state index in [0.29, 0.717) is 36.4 Å². The van der Waals surface area contributed by atoms with E-state index in [4.69, 9.17) is 20.3 Å². The third-order valence-electron chi connectivity index (χ3n) is 2.90. The first kappa shape index (κ1) is 15.3. The number of rotatable bonds is 7. The molecule has 0 aliphatic carbocycles. The number of nitrogens with zero attached hydrogens (tertiary/aromatic N) is 2. The van der Waals surface area contributed by atoms with Crippen LogP contribution < -0.4 is 15.2 Å². The molecule has 7 heteroatoms. The van der Waals surface area contributed by atoms with Crippen LogP contribution in [0.3, 0.4) is 0 Å². The van der Waals surface area contributed by atoms with Crippen molar-refractivity contribution in [2.45, 2.75) is 26.5 Å². The average Bonchev–Trinajstić information content (AvgIpc) is 2.98. The number of aliphatic hydroxyl groups excluding tert-OH is 1. The van der Waals surface area contributed by atoms with Crippen LogP contribution in [0.15, 0.2) is 18.2 Å². The molecule has 1 heterocycles. The van der Waals surface area contributed by atoms with Gasteiger partial charge in [0, 0.05) is 0 Å². The Bertz CT molecular complexity index is 585. The maximum atomic E-state index is 9.00. The lowest BCUT2D eigenvalue weighted by Crippen LogP contribution is -2.14. The first-order valence-electron chi connectivity index (χ1n) is 6.86. The third kappa shape index (κ3) is 3.50. The number of H-pyrrole nitrogens is 1. The summed E-state index contributed by atoms with van der Waals surface area (Å²) in [6.45, 7) is 4.72. The number of aromatic amines is 1. The Kier molecular flexibility index (Phi) is 5.13. The van der Waals surface area contributed by atoms with Crippen LogP contribution in [-0.4, -0.2) is 33.5 Å². The Morgan fingerprint density at radius 3 is 2.57 bits per heavy atom. The van der Waals surface area contributed by atoms with E-state index >= 15 is 0 Å². The average molecular weight is 292 g/mol. The summed E-state index contributed by atoms with van der Waals surface area (Å²) in [4.78, 5) is 4.13. The monoisotopic (exact) mass is 292 g/mol. The lowest BCUT2D eigenvalue weighted by molar-refractivity contribution is 0.271. The summed E-state index contributed by atoms with van der Waals surface area (Å²) in [7, 11) is 0. The molecule has 0 saturated carbocycles. The van der Waals surface area contributed by atoms with Crippen LogP contribution in [0.25, 0.3) is 0 Å². The minimum atomic E-state index is -0.503. The van der Waals surface area contributed by atoms with E-state index in [1.54, 1.807) is 0 Å². The molecule has 0 aliphatic rings. The summed E-state index contributed by atoms with van der Waals surface area (Å²) < 4.78 is 11.1. The maximum Gasteiger partial charge on any atom is 0.171 e. The highest BCUT2D eigenvalue weighted by atomic mass is 16.5. The highest BCUT2D eigenvalue weighted by Gasteiger charge is 2.17. The van der Waals surface area contributed by atoms with Crippen LogP contribution >= 0.6 is 0 Å². The number of nitrogens with one attached hydrogen (secondary N) is 1. The molecule has 0 saturated heterocycles. The molecule has 0 amide bonds. The normalized spacial score (nSPS) is 12.2. The number of nitrogens with two attached hydrogens (primary N) is 1. The molecule has 1 aromatic carbocycles. The van der Waals surface area contributed by atoms with Crippen molar-refractivity contribution >= 4 is 0 Å². The topological polar surface area (TPSA) is 106 Å². The van der Waals surface area contributed by atoms with Crippen molar-refractivity contribution in [1.82, 2.24) is 15.2 Å².